The van der Waals surface area contributed by atoms with E-state index >= 15 is 0 Å². The number of hydrazine groups is 1. The lowest BCUT2D eigenvalue weighted by Gasteiger charge is -2.17. The third-order valence-corrected chi connectivity index (χ3v) is 2.76. The largest absolute Gasteiger partial charge is 0.352 e. The molecule has 1 aliphatic rings. The number of carbonyl (C=O) groups is 1. The number of nitrogens with one attached hydrogen (secondary N) is 2. The molecular weight excluding hydrogens is 266 g/mol. The van der Waals surface area contributed by atoms with Crippen molar-refractivity contribution < 1.29 is 9.72 Å². The van der Waals surface area contributed by atoms with Gasteiger partial charge in [-0.15, -0.1) is 0 Å². The number of likely N-dealkylation sites (N-methyl/N-ethyl adjacent to an activating group) is 1. The number of amides is 1. The Labute approximate surface area is 114 Å². The summed E-state index contributed by atoms with van der Waals surface area (Å²) in [5, 5.41) is 13.7. The zero-order chi connectivity index (χ0) is 14.7. The molecule has 4 N–H and O–H groups in total. The van der Waals surface area contributed by atoms with Gasteiger partial charge < -0.3 is 10.2 Å². The van der Waals surface area contributed by atoms with Crippen molar-refractivity contribution in [2.24, 2.45) is 5.84 Å². The predicted molar refractivity (Wildman–Crippen MR) is 70.9 cm³/mol. The molecule has 1 amide bonds. The number of nitrogen functional groups attached to an aromatic ring is 1. The molecule has 0 spiro atoms. The van der Waals surface area contributed by atoms with E-state index in [9.17, 15) is 14.9 Å². The summed E-state index contributed by atoms with van der Waals surface area (Å²) in [6, 6.07) is 0.234. The molecule has 0 bridgehead atoms. The van der Waals surface area contributed by atoms with Gasteiger partial charge in [-0.3, -0.25) is 20.3 Å². The van der Waals surface area contributed by atoms with Crippen molar-refractivity contribution in [3.05, 3.63) is 16.3 Å². The van der Waals surface area contributed by atoms with Crippen molar-refractivity contribution in [1.29, 1.82) is 0 Å². The third-order valence-electron chi connectivity index (χ3n) is 2.76. The summed E-state index contributed by atoms with van der Waals surface area (Å²) in [7, 11) is 1.54. The van der Waals surface area contributed by atoms with Crippen molar-refractivity contribution in [1.82, 2.24) is 15.3 Å². The van der Waals surface area contributed by atoms with Gasteiger partial charge >= 0.3 is 5.69 Å². The quantitative estimate of drug-likeness (QED) is 0.356. The SMILES string of the molecule is CN(CC(=O)NC1CC1)c1nc(NN)ncc1[N+](=O)[O-]. The maximum Gasteiger partial charge on any atom is 0.329 e. The second-order valence-corrected chi connectivity index (χ2v) is 4.50. The highest BCUT2D eigenvalue weighted by Gasteiger charge is 2.26. The Morgan fingerprint density at radius 1 is 1.65 bits per heavy atom. The highest BCUT2D eigenvalue weighted by atomic mass is 16.6. The van der Waals surface area contributed by atoms with Gasteiger partial charge in [0, 0.05) is 13.1 Å². The summed E-state index contributed by atoms with van der Waals surface area (Å²) in [4.78, 5) is 31.0. The molecule has 0 radical (unpaired) electrons. The van der Waals surface area contributed by atoms with Gasteiger partial charge in [-0.25, -0.2) is 10.8 Å². The average Bonchev–Trinajstić information content (AvgIpc) is 3.21. The molecule has 0 atom stereocenters. The lowest BCUT2D eigenvalue weighted by molar-refractivity contribution is -0.384. The van der Waals surface area contributed by atoms with Gasteiger partial charge in [0.25, 0.3) is 0 Å². The first-order valence-corrected chi connectivity index (χ1v) is 6.00. The fourth-order valence-corrected chi connectivity index (χ4v) is 1.64. The lowest BCUT2D eigenvalue weighted by atomic mass is 10.4. The summed E-state index contributed by atoms with van der Waals surface area (Å²) in [5.74, 6) is 5.05. The number of hydrogen-bond donors (Lipinski definition) is 3. The molecule has 0 aliphatic heterocycles. The van der Waals surface area contributed by atoms with Crippen molar-refractivity contribution in [3.63, 3.8) is 0 Å². The Morgan fingerprint density at radius 2 is 2.35 bits per heavy atom. The van der Waals surface area contributed by atoms with E-state index in [0.29, 0.717) is 0 Å². The van der Waals surface area contributed by atoms with E-state index in [1.807, 2.05) is 0 Å². The van der Waals surface area contributed by atoms with E-state index in [2.05, 4.69) is 20.7 Å². The number of nitro groups is 1. The van der Waals surface area contributed by atoms with Crippen LogP contribution < -0.4 is 21.5 Å². The zero-order valence-electron chi connectivity index (χ0n) is 10.9. The topological polar surface area (TPSA) is 139 Å². The number of hydrogen-bond acceptors (Lipinski definition) is 8. The van der Waals surface area contributed by atoms with Crippen LogP contribution in [0.5, 0.6) is 0 Å². The first kappa shape index (κ1) is 13.9. The fraction of sp³-hybridized carbons (Fsp3) is 0.500. The normalized spacial score (nSPS) is 13.7. The molecule has 10 nitrogen and oxygen atoms in total. The van der Waals surface area contributed by atoms with Gasteiger partial charge in [-0.1, -0.05) is 0 Å². The predicted octanol–water partition coefficient (Wildman–Crippen LogP) is -0.615. The maximum atomic E-state index is 11.7. The number of nitrogens with two attached hydrogens (primary N) is 1. The maximum absolute atomic E-state index is 11.7. The fourth-order valence-electron chi connectivity index (χ4n) is 1.64. The van der Waals surface area contributed by atoms with Crippen molar-refractivity contribution in [2.75, 3.05) is 23.9 Å². The van der Waals surface area contributed by atoms with Crippen LogP contribution in [-0.4, -0.2) is 40.4 Å². The summed E-state index contributed by atoms with van der Waals surface area (Å²) < 4.78 is 0. The van der Waals surface area contributed by atoms with Crippen molar-refractivity contribution in [3.8, 4) is 0 Å². The van der Waals surface area contributed by atoms with Gasteiger partial charge in [-0.2, -0.15) is 4.98 Å². The van der Waals surface area contributed by atoms with Crippen LogP contribution in [0.2, 0.25) is 0 Å². The van der Waals surface area contributed by atoms with E-state index in [-0.39, 0.29) is 35.9 Å². The molecule has 0 aromatic carbocycles. The van der Waals surface area contributed by atoms with Gasteiger partial charge in [0.15, 0.2) is 0 Å². The van der Waals surface area contributed by atoms with Crippen LogP contribution in [0.3, 0.4) is 0 Å². The number of aromatic nitrogens is 2. The molecule has 1 aliphatic carbocycles. The highest BCUT2D eigenvalue weighted by molar-refractivity contribution is 5.82. The smallest absolute Gasteiger partial charge is 0.329 e. The minimum Gasteiger partial charge on any atom is -0.352 e. The second-order valence-electron chi connectivity index (χ2n) is 4.50. The Kier molecular flexibility index (Phi) is 3.94. The van der Waals surface area contributed by atoms with Crippen LogP contribution in [0.4, 0.5) is 17.5 Å². The van der Waals surface area contributed by atoms with Gasteiger partial charge in [-0.05, 0) is 12.8 Å². The van der Waals surface area contributed by atoms with Crippen LogP contribution in [0.15, 0.2) is 6.20 Å². The van der Waals surface area contributed by atoms with E-state index < -0.39 is 4.92 Å². The van der Waals surface area contributed by atoms with E-state index in [4.69, 9.17) is 5.84 Å². The summed E-state index contributed by atoms with van der Waals surface area (Å²) in [6.07, 6.45) is 3.00. The molecule has 1 aromatic rings. The van der Waals surface area contributed by atoms with Crippen LogP contribution in [0, 0.1) is 10.1 Å². The molecule has 10 heteroatoms. The first-order valence-electron chi connectivity index (χ1n) is 6.00. The molecular formula is C10H15N7O3. The molecule has 0 saturated heterocycles. The Morgan fingerprint density at radius 3 is 2.90 bits per heavy atom. The molecule has 1 heterocycles. The van der Waals surface area contributed by atoms with Gasteiger partial charge in [0.05, 0.1) is 11.5 Å². The number of rotatable bonds is 6. The zero-order valence-corrected chi connectivity index (χ0v) is 10.9. The van der Waals surface area contributed by atoms with Crippen LogP contribution >= 0.6 is 0 Å². The van der Waals surface area contributed by atoms with Gasteiger partial charge in [0.2, 0.25) is 17.7 Å². The van der Waals surface area contributed by atoms with Crippen molar-refractivity contribution in [2.45, 2.75) is 18.9 Å². The third kappa shape index (κ3) is 3.29. The van der Waals surface area contributed by atoms with Gasteiger partial charge in [0.1, 0.15) is 6.20 Å². The molecule has 0 unspecified atom stereocenters. The van der Waals surface area contributed by atoms with Crippen LogP contribution in [0.1, 0.15) is 12.8 Å². The Balaban J connectivity index is 2.15. The Hall–Kier alpha value is -2.49. The first-order chi connectivity index (χ1) is 9.51. The average molecular weight is 281 g/mol. The molecule has 1 aromatic heterocycles. The number of nitrogens with zero attached hydrogens (tertiary/aromatic N) is 4. The monoisotopic (exact) mass is 281 g/mol. The highest BCUT2D eigenvalue weighted by Crippen LogP contribution is 2.25. The second kappa shape index (κ2) is 5.65. The number of anilines is 2. The molecule has 1 saturated carbocycles. The number of carbonyl (C=O) groups excluding carboxylic acids is 1. The lowest BCUT2D eigenvalue weighted by Crippen LogP contribution is -2.37. The summed E-state index contributed by atoms with van der Waals surface area (Å²) in [6.45, 7) is -0.0294. The minimum atomic E-state index is -0.606. The summed E-state index contributed by atoms with van der Waals surface area (Å²) in [5.41, 5.74) is 1.93. The minimum absolute atomic E-state index is 0.0294. The van der Waals surface area contributed by atoms with E-state index in [1.165, 1.54) is 4.90 Å². The molecule has 108 valence electrons. The molecule has 2 rings (SSSR count). The van der Waals surface area contributed by atoms with Crippen molar-refractivity contribution >= 4 is 23.4 Å². The molecule has 1 fully saturated rings. The molecule has 20 heavy (non-hydrogen) atoms. The van der Waals surface area contributed by atoms with E-state index in [0.717, 1.165) is 19.0 Å². The standard InChI is InChI=1S/C10H15N7O3/c1-16(5-8(18)13-6-2-3-6)9-7(17(19)20)4-12-10(14-9)15-11/h4,6H,2-3,5,11H2,1H3,(H,13,18)(H,12,14,15). The van der Waals surface area contributed by atoms with E-state index in [1.54, 1.807) is 7.05 Å². The Bertz CT molecular complexity index is 532. The summed E-state index contributed by atoms with van der Waals surface area (Å²) >= 11 is 0. The van der Waals surface area contributed by atoms with Crippen LogP contribution in [-0.2, 0) is 4.79 Å². The van der Waals surface area contributed by atoms with Crippen LogP contribution in [0.25, 0.3) is 0 Å².